The van der Waals surface area contributed by atoms with Crippen LogP contribution in [0.5, 0.6) is 0 Å². The highest BCUT2D eigenvalue weighted by Crippen LogP contribution is 2.53. The molecule has 1 aliphatic carbocycles. The Morgan fingerprint density at radius 3 is 2.28 bits per heavy atom. The fourth-order valence-corrected chi connectivity index (χ4v) is 10.9. The summed E-state index contributed by atoms with van der Waals surface area (Å²) in [5.74, 6) is -5.04. The third-order valence-electron chi connectivity index (χ3n) is 7.62. The van der Waals surface area contributed by atoms with Crippen LogP contribution in [0.2, 0.25) is 0 Å². The van der Waals surface area contributed by atoms with Gasteiger partial charge >= 0.3 is 5.97 Å². The van der Waals surface area contributed by atoms with Crippen molar-refractivity contribution < 1.29 is 36.3 Å². The SMILES string of the molecule is COC1(Cl)C=C(C(C)C)C(S(=O)(=O)N2CCN(C)CC2)C(Cl)(CN2C(=O)c3ccccc3S2(=O)=O)C1C(=O)O. The Bertz CT molecular complexity index is 1430. The van der Waals surface area contributed by atoms with Gasteiger partial charge < -0.3 is 14.7 Å². The minimum atomic E-state index is -4.48. The van der Waals surface area contributed by atoms with E-state index in [1.807, 2.05) is 11.9 Å². The summed E-state index contributed by atoms with van der Waals surface area (Å²) >= 11 is 13.9. The van der Waals surface area contributed by atoms with Gasteiger partial charge in [0.1, 0.15) is 20.9 Å². The number of piperazine rings is 1. The molecule has 4 rings (SSSR count). The lowest BCUT2D eigenvalue weighted by atomic mass is 9.73. The molecule has 2 aliphatic heterocycles. The minimum Gasteiger partial charge on any atom is -0.481 e. The lowest BCUT2D eigenvalue weighted by molar-refractivity contribution is -0.149. The molecule has 216 valence electrons. The van der Waals surface area contributed by atoms with Crippen LogP contribution in [-0.4, -0.2) is 109 Å². The molecular weight excluding hydrogens is 593 g/mol. The largest absolute Gasteiger partial charge is 0.481 e. The molecule has 2 heterocycles. The quantitative estimate of drug-likeness (QED) is 0.354. The molecule has 0 aromatic heterocycles. The van der Waals surface area contributed by atoms with Gasteiger partial charge in [0.25, 0.3) is 15.9 Å². The highest BCUT2D eigenvalue weighted by molar-refractivity contribution is 7.90. The van der Waals surface area contributed by atoms with Gasteiger partial charge in [-0.15, -0.1) is 11.6 Å². The van der Waals surface area contributed by atoms with Gasteiger partial charge in [-0.1, -0.05) is 37.6 Å². The van der Waals surface area contributed by atoms with Crippen LogP contribution in [0.4, 0.5) is 0 Å². The number of amides is 1. The van der Waals surface area contributed by atoms with Crippen molar-refractivity contribution in [2.45, 2.75) is 33.9 Å². The minimum absolute atomic E-state index is 0.119. The van der Waals surface area contributed by atoms with E-state index in [4.69, 9.17) is 27.9 Å². The maximum atomic E-state index is 14.3. The molecular formula is C24H31Cl2N3O8S2. The Kier molecular flexibility index (Phi) is 7.96. The molecule has 1 aromatic carbocycles. The topological polar surface area (TPSA) is 142 Å². The van der Waals surface area contributed by atoms with E-state index < -0.39 is 65.5 Å². The molecule has 39 heavy (non-hydrogen) atoms. The van der Waals surface area contributed by atoms with Crippen molar-refractivity contribution >= 4 is 55.1 Å². The van der Waals surface area contributed by atoms with Crippen LogP contribution in [0, 0.1) is 11.8 Å². The van der Waals surface area contributed by atoms with Crippen molar-refractivity contribution in [3.8, 4) is 0 Å². The molecule has 0 bridgehead atoms. The number of benzene rings is 1. The van der Waals surface area contributed by atoms with Gasteiger partial charge in [0.2, 0.25) is 10.0 Å². The molecule has 1 fully saturated rings. The van der Waals surface area contributed by atoms with E-state index in [1.54, 1.807) is 13.8 Å². The first kappa shape index (κ1) is 30.2. The van der Waals surface area contributed by atoms with Crippen LogP contribution >= 0.6 is 23.2 Å². The molecule has 0 spiro atoms. The van der Waals surface area contributed by atoms with Crippen LogP contribution in [0.25, 0.3) is 0 Å². The average Bonchev–Trinajstić information content (AvgIpc) is 3.04. The summed E-state index contributed by atoms with van der Waals surface area (Å²) in [5, 5.41) is 6.52. The fraction of sp³-hybridized carbons (Fsp3) is 0.583. The number of sulfonamides is 2. The van der Waals surface area contributed by atoms with E-state index in [0.717, 1.165) is 7.11 Å². The Morgan fingerprint density at radius 1 is 1.18 bits per heavy atom. The van der Waals surface area contributed by atoms with E-state index in [9.17, 15) is 31.5 Å². The highest BCUT2D eigenvalue weighted by Gasteiger charge is 2.67. The summed E-state index contributed by atoms with van der Waals surface area (Å²) in [7, 11) is -5.88. The van der Waals surface area contributed by atoms with Crippen LogP contribution in [0.3, 0.4) is 0 Å². The molecule has 4 unspecified atom stereocenters. The van der Waals surface area contributed by atoms with E-state index in [1.165, 1.54) is 34.6 Å². The number of aliphatic carboxylic acids is 1. The zero-order valence-electron chi connectivity index (χ0n) is 21.9. The van der Waals surface area contributed by atoms with Gasteiger partial charge in [0.15, 0.2) is 5.06 Å². The summed E-state index contributed by atoms with van der Waals surface area (Å²) in [6, 6.07) is 5.50. The van der Waals surface area contributed by atoms with E-state index in [2.05, 4.69) is 0 Å². The molecule has 0 radical (unpaired) electrons. The number of rotatable bonds is 7. The number of hydrogen-bond donors (Lipinski definition) is 1. The molecule has 3 aliphatic rings. The Hall–Kier alpha value is -1.74. The summed E-state index contributed by atoms with van der Waals surface area (Å²) in [6.07, 6.45) is 1.26. The predicted octanol–water partition coefficient (Wildman–Crippen LogP) is 1.63. The van der Waals surface area contributed by atoms with Crippen molar-refractivity contribution in [1.29, 1.82) is 0 Å². The van der Waals surface area contributed by atoms with Crippen LogP contribution in [-0.2, 0) is 29.6 Å². The van der Waals surface area contributed by atoms with Crippen LogP contribution in [0.15, 0.2) is 40.8 Å². The molecule has 0 saturated carbocycles. The second kappa shape index (κ2) is 10.3. The summed E-state index contributed by atoms with van der Waals surface area (Å²) in [6.45, 7) is 3.50. The van der Waals surface area contributed by atoms with Gasteiger partial charge in [-0.2, -0.15) is 4.31 Å². The number of alkyl halides is 2. The van der Waals surface area contributed by atoms with Crippen molar-refractivity contribution in [2.24, 2.45) is 11.8 Å². The molecule has 15 heteroatoms. The van der Waals surface area contributed by atoms with Gasteiger partial charge in [-0.25, -0.2) is 21.1 Å². The summed E-state index contributed by atoms with van der Waals surface area (Å²) in [4.78, 5) is 25.4. The zero-order valence-corrected chi connectivity index (χ0v) is 25.0. The first-order valence-corrected chi connectivity index (χ1v) is 15.9. The maximum Gasteiger partial charge on any atom is 0.313 e. The number of likely N-dealkylation sites (N-methyl/N-ethyl adjacent to an activating group) is 1. The van der Waals surface area contributed by atoms with E-state index >= 15 is 0 Å². The Morgan fingerprint density at radius 2 is 1.77 bits per heavy atom. The number of carbonyl (C=O) groups is 2. The Balaban J connectivity index is 1.96. The second-order valence-electron chi connectivity index (χ2n) is 10.3. The smallest absolute Gasteiger partial charge is 0.313 e. The van der Waals surface area contributed by atoms with Gasteiger partial charge in [-0.05, 0) is 36.7 Å². The number of nitrogens with zero attached hydrogens (tertiary/aromatic N) is 3. The molecule has 4 atom stereocenters. The lowest BCUT2D eigenvalue weighted by Crippen LogP contribution is -2.68. The third-order valence-corrected chi connectivity index (χ3v) is 12.9. The first-order chi connectivity index (χ1) is 18.0. The number of halogens is 2. The Labute approximate surface area is 238 Å². The lowest BCUT2D eigenvalue weighted by Gasteiger charge is -2.51. The second-order valence-corrected chi connectivity index (χ2v) is 15.5. The van der Waals surface area contributed by atoms with Gasteiger partial charge in [0, 0.05) is 33.3 Å². The van der Waals surface area contributed by atoms with Gasteiger partial charge in [-0.3, -0.25) is 9.59 Å². The predicted molar refractivity (Wildman–Crippen MR) is 145 cm³/mol. The van der Waals surface area contributed by atoms with E-state index in [0.29, 0.717) is 17.4 Å². The van der Waals surface area contributed by atoms with Crippen molar-refractivity contribution in [3.63, 3.8) is 0 Å². The van der Waals surface area contributed by atoms with Crippen molar-refractivity contribution in [2.75, 3.05) is 46.9 Å². The summed E-state index contributed by atoms with van der Waals surface area (Å²) < 4.78 is 62.7. The number of ether oxygens (including phenoxy) is 1. The van der Waals surface area contributed by atoms with Crippen LogP contribution in [0.1, 0.15) is 24.2 Å². The monoisotopic (exact) mass is 623 g/mol. The maximum absolute atomic E-state index is 14.3. The highest BCUT2D eigenvalue weighted by atomic mass is 35.5. The fourth-order valence-electron chi connectivity index (χ4n) is 5.55. The van der Waals surface area contributed by atoms with E-state index in [-0.39, 0.29) is 29.1 Å². The number of fused-ring (bicyclic) bond motifs is 1. The first-order valence-electron chi connectivity index (χ1n) is 12.2. The van der Waals surface area contributed by atoms with Crippen molar-refractivity contribution in [3.05, 3.63) is 41.5 Å². The van der Waals surface area contributed by atoms with Crippen molar-refractivity contribution in [1.82, 2.24) is 13.5 Å². The normalized spacial score (nSPS) is 31.8. The molecule has 1 aromatic rings. The summed E-state index contributed by atoms with van der Waals surface area (Å²) in [5.41, 5.74) is 0.0438. The van der Waals surface area contributed by atoms with Gasteiger partial charge in [0.05, 0.1) is 12.1 Å². The zero-order chi connectivity index (χ0) is 29.1. The van der Waals surface area contributed by atoms with Crippen LogP contribution < -0.4 is 0 Å². The molecule has 1 amide bonds. The number of hydrogen-bond acceptors (Lipinski definition) is 8. The number of methoxy groups -OCH3 is 1. The molecule has 1 saturated heterocycles. The number of carbonyl (C=O) groups excluding carboxylic acids is 1. The third kappa shape index (κ3) is 4.79. The standard InChI is InChI=1S/C24H31Cl2N3O8S2/c1-15(2)17-13-24(26,37-4)19(22(31)32)23(25,20(17)39(35,36)28-11-9-27(3)10-12-28)14-29-21(30)16-7-5-6-8-18(16)38(29,33)34/h5-8,13,15,19-20H,9-12,14H2,1-4H3,(H,31,32). The molecule has 11 nitrogen and oxygen atoms in total. The number of carboxylic acid groups (broad SMARTS) is 1. The average molecular weight is 625 g/mol. The number of carboxylic acids is 1. The molecule has 1 N–H and O–H groups in total.